The summed E-state index contributed by atoms with van der Waals surface area (Å²) in [6, 6.07) is 3.89. The number of nitrogens with zero attached hydrogens (tertiary/aromatic N) is 1. The van der Waals surface area contributed by atoms with Gasteiger partial charge in [0.2, 0.25) is 0 Å². The summed E-state index contributed by atoms with van der Waals surface area (Å²) in [7, 11) is 0. The summed E-state index contributed by atoms with van der Waals surface area (Å²) in [6.07, 6.45) is 2.04. The van der Waals surface area contributed by atoms with Crippen molar-refractivity contribution in [3.05, 3.63) is 23.3 Å². The molecule has 1 heterocycles. The summed E-state index contributed by atoms with van der Waals surface area (Å²) in [5.41, 5.74) is 2.48. The maximum atomic E-state index is 8.88. The molecule has 92 valence electrons. The van der Waals surface area contributed by atoms with E-state index in [1.165, 1.54) is 0 Å². The Bertz CT molecular complexity index is 441. The lowest BCUT2D eigenvalue weighted by Gasteiger charge is -2.20. The van der Waals surface area contributed by atoms with Gasteiger partial charge in [-0.05, 0) is 44.4 Å². The highest BCUT2D eigenvalue weighted by molar-refractivity contribution is 6.01. The molecule has 1 aliphatic rings. The second-order valence-corrected chi connectivity index (χ2v) is 4.03. The zero-order chi connectivity index (χ0) is 12.3. The number of rotatable bonds is 3. The zero-order valence-corrected chi connectivity index (χ0v) is 10.2. The van der Waals surface area contributed by atoms with Crippen LogP contribution in [0.15, 0.2) is 17.3 Å². The zero-order valence-electron chi connectivity index (χ0n) is 10.2. The van der Waals surface area contributed by atoms with Crippen molar-refractivity contribution < 1.29 is 14.7 Å². The normalized spacial score (nSPS) is 15.1. The highest BCUT2D eigenvalue weighted by Crippen LogP contribution is 2.32. The lowest BCUT2D eigenvalue weighted by molar-refractivity contribution is 0.285. The van der Waals surface area contributed by atoms with Gasteiger partial charge in [0.1, 0.15) is 11.5 Å². The van der Waals surface area contributed by atoms with E-state index < -0.39 is 0 Å². The minimum atomic E-state index is 0.533. The Hall–Kier alpha value is -1.71. The maximum absolute atomic E-state index is 8.88. The molecule has 0 unspecified atom stereocenters. The lowest BCUT2D eigenvalue weighted by Crippen LogP contribution is -2.11. The predicted octanol–water partition coefficient (Wildman–Crippen LogP) is 2.61. The van der Waals surface area contributed by atoms with Gasteiger partial charge in [-0.3, -0.25) is 0 Å². The van der Waals surface area contributed by atoms with Crippen LogP contribution in [-0.2, 0) is 6.42 Å². The summed E-state index contributed by atoms with van der Waals surface area (Å²) in [6.45, 7) is 5.01. The van der Waals surface area contributed by atoms with E-state index in [0.29, 0.717) is 12.3 Å². The number of aryl methyl sites for hydroxylation is 1. The lowest BCUT2D eigenvalue weighted by atomic mass is 10.0. The van der Waals surface area contributed by atoms with Crippen LogP contribution in [0, 0.1) is 0 Å². The van der Waals surface area contributed by atoms with Crippen LogP contribution in [0.2, 0.25) is 0 Å². The third-order valence-corrected chi connectivity index (χ3v) is 2.85. The fourth-order valence-corrected chi connectivity index (χ4v) is 1.99. The molecule has 0 aliphatic carbocycles. The largest absolute Gasteiger partial charge is 0.493 e. The van der Waals surface area contributed by atoms with Gasteiger partial charge in [0.05, 0.1) is 18.9 Å². The highest BCUT2D eigenvalue weighted by Gasteiger charge is 2.16. The first-order valence-corrected chi connectivity index (χ1v) is 5.87. The number of hydrogen-bond acceptors (Lipinski definition) is 4. The smallest absolute Gasteiger partial charge is 0.128 e. The summed E-state index contributed by atoms with van der Waals surface area (Å²) in [5.74, 6) is 1.63. The quantitative estimate of drug-likeness (QED) is 0.497. The molecular formula is C13H17NO3. The van der Waals surface area contributed by atoms with Crippen LogP contribution in [0.5, 0.6) is 11.5 Å². The van der Waals surface area contributed by atoms with Crippen LogP contribution >= 0.6 is 0 Å². The minimum Gasteiger partial charge on any atom is -0.493 e. The van der Waals surface area contributed by atoms with E-state index in [2.05, 4.69) is 5.16 Å². The molecule has 0 fully saturated rings. The van der Waals surface area contributed by atoms with Crippen LogP contribution in [0.1, 0.15) is 31.4 Å². The van der Waals surface area contributed by atoms with Crippen molar-refractivity contribution in [3.8, 4) is 11.5 Å². The van der Waals surface area contributed by atoms with Crippen molar-refractivity contribution in [1.82, 2.24) is 0 Å². The second-order valence-electron chi connectivity index (χ2n) is 4.03. The van der Waals surface area contributed by atoms with E-state index in [1.807, 2.05) is 19.1 Å². The van der Waals surface area contributed by atoms with Gasteiger partial charge in [-0.2, -0.15) is 0 Å². The molecule has 0 saturated carbocycles. The molecule has 1 aromatic rings. The summed E-state index contributed by atoms with van der Waals surface area (Å²) in [5, 5.41) is 12.1. The molecule has 0 radical (unpaired) electrons. The Kier molecular flexibility index (Phi) is 3.52. The van der Waals surface area contributed by atoms with E-state index in [0.717, 1.165) is 42.1 Å². The first kappa shape index (κ1) is 11.8. The van der Waals surface area contributed by atoms with Crippen molar-refractivity contribution in [3.63, 3.8) is 0 Å². The standard InChI is InChI=1S/C13H17NO3/c1-3-16-13-7-10-5-4-6-17-12(10)8-11(13)9(2)14-15/h7-8,15H,3-6H2,1-2H3/b14-9+. The molecule has 1 aromatic carbocycles. The Labute approximate surface area is 101 Å². The maximum Gasteiger partial charge on any atom is 0.128 e. The molecule has 4 heteroatoms. The van der Waals surface area contributed by atoms with Gasteiger partial charge >= 0.3 is 0 Å². The second kappa shape index (κ2) is 5.08. The Morgan fingerprint density at radius 1 is 1.53 bits per heavy atom. The first-order valence-electron chi connectivity index (χ1n) is 5.87. The van der Waals surface area contributed by atoms with Gasteiger partial charge in [-0.25, -0.2) is 0 Å². The molecule has 0 spiro atoms. The van der Waals surface area contributed by atoms with E-state index in [-0.39, 0.29) is 0 Å². The van der Waals surface area contributed by atoms with Crippen molar-refractivity contribution >= 4 is 5.71 Å². The Morgan fingerprint density at radius 3 is 3.06 bits per heavy atom. The van der Waals surface area contributed by atoms with Crippen LogP contribution in [0.4, 0.5) is 0 Å². The molecule has 0 saturated heterocycles. The summed E-state index contributed by atoms with van der Waals surface area (Å²) in [4.78, 5) is 0. The fraction of sp³-hybridized carbons (Fsp3) is 0.462. The number of fused-ring (bicyclic) bond motifs is 1. The van der Waals surface area contributed by atoms with E-state index >= 15 is 0 Å². The van der Waals surface area contributed by atoms with E-state index in [9.17, 15) is 0 Å². The van der Waals surface area contributed by atoms with Crippen molar-refractivity contribution in [2.45, 2.75) is 26.7 Å². The van der Waals surface area contributed by atoms with Gasteiger partial charge < -0.3 is 14.7 Å². The van der Waals surface area contributed by atoms with Gasteiger partial charge in [-0.1, -0.05) is 5.16 Å². The summed E-state index contributed by atoms with van der Waals surface area (Å²) < 4.78 is 11.2. The molecule has 4 nitrogen and oxygen atoms in total. The third-order valence-electron chi connectivity index (χ3n) is 2.85. The van der Waals surface area contributed by atoms with E-state index in [4.69, 9.17) is 14.7 Å². The molecule has 1 aliphatic heterocycles. The molecule has 17 heavy (non-hydrogen) atoms. The summed E-state index contributed by atoms with van der Waals surface area (Å²) >= 11 is 0. The molecule has 1 N–H and O–H groups in total. The molecule has 2 rings (SSSR count). The number of ether oxygens (including phenoxy) is 2. The predicted molar refractivity (Wildman–Crippen MR) is 65.4 cm³/mol. The van der Waals surface area contributed by atoms with Crippen molar-refractivity contribution in [2.24, 2.45) is 5.16 Å². The van der Waals surface area contributed by atoms with E-state index in [1.54, 1.807) is 6.92 Å². The average Bonchev–Trinajstić information content (AvgIpc) is 2.37. The fourth-order valence-electron chi connectivity index (χ4n) is 1.99. The van der Waals surface area contributed by atoms with Crippen LogP contribution in [-0.4, -0.2) is 24.1 Å². The third kappa shape index (κ3) is 2.35. The first-order chi connectivity index (χ1) is 8.26. The highest BCUT2D eigenvalue weighted by atomic mass is 16.5. The Morgan fingerprint density at radius 2 is 2.35 bits per heavy atom. The van der Waals surface area contributed by atoms with Gasteiger partial charge in [-0.15, -0.1) is 0 Å². The SMILES string of the molecule is CCOc1cc2c(cc1/C(C)=N/O)OCCC2. The van der Waals surface area contributed by atoms with Crippen molar-refractivity contribution in [1.29, 1.82) is 0 Å². The molecular weight excluding hydrogens is 218 g/mol. The number of oxime groups is 1. The minimum absolute atomic E-state index is 0.533. The molecule has 0 aromatic heterocycles. The molecule has 0 bridgehead atoms. The van der Waals surface area contributed by atoms with Gasteiger partial charge in [0, 0.05) is 5.56 Å². The Balaban J connectivity index is 2.47. The average molecular weight is 235 g/mol. The van der Waals surface area contributed by atoms with Crippen LogP contribution < -0.4 is 9.47 Å². The number of benzene rings is 1. The van der Waals surface area contributed by atoms with Gasteiger partial charge in [0.25, 0.3) is 0 Å². The van der Waals surface area contributed by atoms with Gasteiger partial charge in [0.15, 0.2) is 0 Å². The van der Waals surface area contributed by atoms with Crippen LogP contribution in [0.25, 0.3) is 0 Å². The molecule has 0 atom stereocenters. The topological polar surface area (TPSA) is 51.0 Å². The molecule has 0 amide bonds. The van der Waals surface area contributed by atoms with Crippen LogP contribution in [0.3, 0.4) is 0 Å². The monoisotopic (exact) mass is 235 g/mol. The van der Waals surface area contributed by atoms with Crippen molar-refractivity contribution in [2.75, 3.05) is 13.2 Å². The number of hydrogen-bond donors (Lipinski definition) is 1.